The third-order valence-electron chi connectivity index (χ3n) is 6.16. The number of aromatic nitrogens is 1. The number of nitrogens with zero attached hydrogens (tertiary/aromatic N) is 3. The predicted molar refractivity (Wildman–Crippen MR) is 99.2 cm³/mol. The van der Waals surface area contributed by atoms with Gasteiger partial charge >= 0.3 is 0 Å². The fraction of sp³-hybridized carbons (Fsp3) is 0.789. The second kappa shape index (κ2) is 6.97. The van der Waals surface area contributed by atoms with Crippen molar-refractivity contribution >= 4 is 17.2 Å². The lowest BCUT2D eigenvalue weighted by atomic mass is 9.76. The number of thiazole rings is 1. The van der Waals surface area contributed by atoms with Gasteiger partial charge in [0.2, 0.25) is 0 Å². The second-order valence-corrected chi connectivity index (χ2v) is 9.29. The van der Waals surface area contributed by atoms with Crippen molar-refractivity contribution in [2.45, 2.75) is 52.1 Å². The van der Waals surface area contributed by atoms with E-state index < -0.39 is 0 Å². The highest BCUT2D eigenvalue weighted by molar-refractivity contribution is 7.13. The van der Waals surface area contributed by atoms with Crippen LogP contribution in [0.3, 0.4) is 0 Å². The molecule has 0 unspecified atom stereocenters. The van der Waals surface area contributed by atoms with Crippen LogP contribution in [-0.2, 0) is 4.74 Å². The maximum atomic E-state index is 12.8. The number of amides is 1. The van der Waals surface area contributed by atoms with Gasteiger partial charge in [-0.2, -0.15) is 0 Å². The van der Waals surface area contributed by atoms with Crippen LogP contribution in [0.4, 0.5) is 0 Å². The van der Waals surface area contributed by atoms with Gasteiger partial charge in [0.1, 0.15) is 4.88 Å². The Morgan fingerprint density at radius 1 is 1.24 bits per heavy atom. The van der Waals surface area contributed by atoms with Gasteiger partial charge in [0.25, 0.3) is 5.91 Å². The number of piperidine rings is 1. The first-order chi connectivity index (χ1) is 12.0. The molecule has 3 saturated heterocycles. The highest BCUT2D eigenvalue weighted by Crippen LogP contribution is 2.42. The number of carbonyl (C=O) groups excluding carboxylic acids is 1. The zero-order valence-electron chi connectivity index (χ0n) is 15.4. The zero-order chi connectivity index (χ0) is 17.4. The molecule has 1 amide bonds. The summed E-state index contributed by atoms with van der Waals surface area (Å²) in [5.74, 6) is 0.172. The van der Waals surface area contributed by atoms with Crippen LogP contribution in [0.15, 0.2) is 0 Å². The van der Waals surface area contributed by atoms with E-state index in [0.29, 0.717) is 11.5 Å². The van der Waals surface area contributed by atoms with Crippen molar-refractivity contribution in [1.29, 1.82) is 0 Å². The Labute approximate surface area is 154 Å². The quantitative estimate of drug-likeness (QED) is 0.828. The summed E-state index contributed by atoms with van der Waals surface area (Å²) >= 11 is 1.53. The van der Waals surface area contributed by atoms with Crippen molar-refractivity contribution in [1.82, 2.24) is 14.8 Å². The summed E-state index contributed by atoms with van der Waals surface area (Å²) in [6.45, 7) is 10.1. The number of rotatable bonds is 3. The number of likely N-dealkylation sites (tertiary alicyclic amines) is 2. The van der Waals surface area contributed by atoms with E-state index in [1.54, 1.807) is 0 Å². The van der Waals surface area contributed by atoms with Gasteiger partial charge in [0.15, 0.2) is 0 Å². The summed E-state index contributed by atoms with van der Waals surface area (Å²) in [7, 11) is 0. The number of hydrogen-bond donors (Lipinski definition) is 0. The van der Waals surface area contributed by atoms with E-state index in [9.17, 15) is 4.79 Å². The summed E-state index contributed by atoms with van der Waals surface area (Å²) in [6.07, 6.45) is 6.39. The minimum Gasteiger partial charge on any atom is -0.376 e. The summed E-state index contributed by atoms with van der Waals surface area (Å²) in [6, 6.07) is 0. The Kier molecular flexibility index (Phi) is 4.86. The first-order valence-corrected chi connectivity index (χ1v) is 10.4. The van der Waals surface area contributed by atoms with Gasteiger partial charge in [0.05, 0.1) is 23.4 Å². The molecule has 1 spiro atoms. The molecule has 3 aliphatic heterocycles. The molecule has 25 heavy (non-hydrogen) atoms. The van der Waals surface area contributed by atoms with Gasteiger partial charge in [-0.25, -0.2) is 4.98 Å². The summed E-state index contributed by atoms with van der Waals surface area (Å²) < 4.78 is 6.16. The van der Waals surface area contributed by atoms with Crippen LogP contribution < -0.4 is 0 Å². The standard InChI is InChI=1S/C19H29N3O2S/c1-14-17(25-15(2)20-14)18(23)22-9-5-19(6-10-22)11-16(24-13-19)12-21-7-3-4-8-21/h16H,3-13H2,1-2H3/t16-/m1/s1. The van der Waals surface area contributed by atoms with E-state index in [1.165, 1.54) is 43.7 Å². The van der Waals surface area contributed by atoms with Crippen LogP contribution in [0.2, 0.25) is 0 Å². The smallest absolute Gasteiger partial charge is 0.265 e. The van der Waals surface area contributed by atoms with Gasteiger partial charge in [0, 0.05) is 19.6 Å². The molecule has 3 aliphatic rings. The predicted octanol–water partition coefficient (Wildman–Crippen LogP) is 2.87. The van der Waals surface area contributed by atoms with Crippen molar-refractivity contribution < 1.29 is 9.53 Å². The molecular weight excluding hydrogens is 334 g/mol. The molecule has 0 aromatic carbocycles. The van der Waals surface area contributed by atoms with Gasteiger partial charge in [-0.15, -0.1) is 11.3 Å². The number of ether oxygens (including phenoxy) is 1. The van der Waals surface area contributed by atoms with Gasteiger partial charge < -0.3 is 14.5 Å². The average Bonchev–Trinajstić information content (AvgIpc) is 3.30. The Hall–Kier alpha value is -0.980. The first kappa shape index (κ1) is 17.4. The Balaban J connectivity index is 1.32. The minimum atomic E-state index is 0.172. The van der Waals surface area contributed by atoms with E-state index >= 15 is 0 Å². The Bertz CT molecular complexity index is 631. The maximum absolute atomic E-state index is 12.8. The zero-order valence-corrected chi connectivity index (χ0v) is 16.2. The third kappa shape index (κ3) is 3.62. The van der Waals surface area contributed by atoms with Crippen LogP contribution >= 0.6 is 11.3 Å². The topological polar surface area (TPSA) is 45.7 Å². The lowest BCUT2D eigenvalue weighted by Gasteiger charge is -2.38. The van der Waals surface area contributed by atoms with Gasteiger partial charge in [-0.05, 0) is 64.5 Å². The van der Waals surface area contributed by atoms with Gasteiger partial charge in [-0.1, -0.05) is 0 Å². The van der Waals surface area contributed by atoms with Crippen molar-refractivity contribution in [3.8, 4) is 0 Å². The lowest BCUT2D eigenvalue weighted by molar-refractivity contribution is 0.0462. The SMILES string of the molecule is Cc1nc(C)c(C(=O)N2CCC3(CC2)CO[C@@H](CN2CCCC2)C3)s1. The minimum absolute atomic E-state index is 0.172. The second-order valence-electron chi connectivity index (χ2n) is 8.08. The normalized spacial score (nSPS) is 26.6. The summed E-state index contributed by atoms with van der Waals surface area (Å²) in [5.41, 5.74) is 1.18. The molecule has 4 rings (SSSR count). The number of carbonyl (C=O) groups is 1. The summed E-state index contributed by atoms with van der Waals surface area (Å²) in [4.78, 5) is 22.6. The lowest BCUT2D eigenvalue weighted by Crippen LogP contribution is -2.43. The molecule has 0 bridgehead atoms. The molecule has 0 N–H and O–H groups in total. The van der Waals surface area contributed by atoms with Crippen LogP contribution in [0.25, 0.3) is 0 Å². The number of aryl methyl sites for hydroxylation is 2. The molecule has 3 fully saturated rings. The van der Waals surface area contributed by atoms with E-state index in [0.717, 1.165) is 54.7 Å². The van der Waals surface area contributed by atoms with Crippen LogP contribution in [0.5, 0.6) is 0 Å². The van der Waals surface area contributed by atoms with Crippen molar-refractivity contribution in [3.05, 3.63) is 15.6 Å². The van der Waals surface area contributed by atoms with E-state index in [4.69, 9.17) is 4.74 Å². The fourth-order valence-electron chi connectivity index (χ4n) is 4.67. The van der Waals surface area contributed by atoms with Crippen molar-refractivity contribution in [2.24, 2.45) is 5.41 Å². The molecular formula is C19H29N3O2S. The van der Waals surface area contributed by atoms with Crippen LogP contribution in [0, 0.1) is 19.3 Å². The molecule has 0 aliphatic carbocycles. The van der Waals surface area contributed by atoms with Crippen LogP contribution in [0.1, 0.15) is 52.5 Å². The first-order valence-electron chi connectivity index (χ1n) is 9.62. The highest BCUT2D eigenvalue weighted by atomic mass is 32.1. The maximum Gasteiger partial charge on any atom is 0.265 e. The molecule has 0 saturated carbocycles. The van der Waals surface area contributed by atoms with Gasteiger partial charge in [-0.3, -0.25) is 4.79 Å². The van der Waals surface area contributed by atoms with Crippen molar-refractivity contribution in [2.75, 3.05) is 39.3 Å². The monoisotopic (exact) mass is 363 g/mol. The van der Waals surface area contributed by atoms with E-state index in [2.05, 4.69) is 9.88 Å². The van der Waals surface area contributed by atoms with E-state index in [-0.39, 0.29) is 5.91 Å². The van der Waals surface area contributed by atoms with Crippen LogP contribution in [-0.4, -0.2) is 66.1 Å². The average molecular weight is 364 g/mol. The molecule has 5 nitrogen and oxygen atoms in total. The summed E-state index contributed by atoms with van der Waals surface area (Å²) in [5, 5.41) is 0.975. The molecule has 0 radical (unpaired) electrons. The van der Waals surface area contributed by atoms with E-state index in [1.807, 2.05) is 18.7 Å². The highest BCUT2D eigenvalue weighted by Gasteiger charge is 2.43. The largest absolute Gasteiger partial charge is 0.376 e. The molecule has 1 aromatic heterocycles. The van der Waals surface area contributed by atoms with Crippen molar-refractivity contribution in [3.63, 3.8) is 0 Å². The fourth-order valence-corrected chi connectivity index (χ4v) is 5.56. The molecule has 1 atom stereocenters. The Morgan fingerprint density at radius 3 is 2.60 bits per heavy atom. The molecule has 6 heteroatoms. The number of hydrogen-bond acceptors (Lipinski definition) is 5. The third-order valence-corrected chi connectivity index (χ3v) is 7.22. The molecule has 138 valence electrons. The molecule has 1 aromatic rings. The Morgan fingerprint density at radius 2 is 1.96 bits per heavy atom. The molecule has 4 heterocycles.